The molecule has 0 atom stereocenters. The van der Waals surface area contributed by atoms with Crippen molar-refractivity contribution in [3.8, 4) is 34.2 Å². The number of unbranched alkanes of at least 4 members (excludes halogenated alkanes) is 1. The van der Waals surface area contributed by atoms with Crippen LogP contribution in [-0.4, -0.2) is 21.9 Å². The highest BCUT2D eigenvalue weighted by Crippen LogP contribution is 2.30. The van der Waals surface area contributed by atoms with E-state index >= 15 is 0 Å². The fourth-order valence-electron chi connectivity index (χ4n) is 3.43. The molecule has 0 aliphatic carbocycles. The zero-order valence-corrected chi connectivity index (χ0v) is 18.8. The van der Waals surface area contributed by atoms with Crippen LogP contribution in [0.25, 0.3) is 28.5 Å². The van der Waals surface area contributed by atoms with Gasteiger partial charge in [0.05, 0.1) is 7.11 Å². The van der Waals surface area contributed by atoms with Gasteiger partial charge in [-0.25, -0.2) is 0 Å². The summed E-state index contributed by atoms with van der Waals surface area (Å²) in [5.74, 6) is 2.43. The van der Waals surface area contributed by atoms with Crippen LogP contribution in [0.3, 0.4) is 0 Å². The average Bonchev–Trinajstić information content (AvgIpc) is 3.23. The Bertz CT molecular complexity index is 1100. The normalized spacial score (nSPS) is 10.9. The Morgan fingerprint density at radius 2 is 1.37 bits per heavy atom. The fraction of sp³-hybridized carbons (Fsp3) is 0.200. The summed E-state index contributed by atoms with van der Waals surface area (Å²) in [5.41, 5.74) is 4.40. The molecule has 152 valence electrons. The van der Waals surface area contributed by atoms with Crippen molar-refractivity contribution in [1.82, 2.24) is 14.8 Å². The molecule has 0 bridgehead atoms. The molecule has 0 N–H and O–H groups in total. The maximum absolute atomic E-state index is 5.30. The quantitative estimate of drug-likeness (QED) is 0.306. The smallest absolute Gasteiger partial charge is 0.168 e. The van der Waals surface area contributed by atoms with Gasteiger partial charge >= 0.3 is 0 Å². The largest absolute Gasteiger partial charge is 0.497 e. The van der Waals surface area contributed by atoms with Crippen LogP contribution in [0.15, 0.2) is 77.3 Å². The maximum atomic E-state index is 5.30. The van der Waals surface area contributed by atoms with Gasteiger partial charge in [0, 0.05) is 21.3 Å². The second-order valence-electron chi connectivity index (χ2n) is 7.19. The van der Waals surface area contributed by atoms with Gasteiger partial charge in [-0.05, 0) is 66.9 Å². The number of aromatic nitrogens is 3. The molecule has 0 saturated carbocycles. The number of nitrogens with zero attached hydrogens (tertiary/aromatic N) is 3. The molecule has 0 fully saturated rings. The van der Waals surface area contributed by atoms with E-state index in [1.54, 1.807) is 7.11 Å². The third-order valence-corrected chi connectivity index (χ3v) is 5.66. The summed E-state index contributed by atoms with van der Waals surface area (Å²) in [6.45, 7) is 2.22. The molecule has 4 nitrogen and oxygen atoms in total. The van der Waals surface area contributed by atoms with E-state index in [9.17, 15) is 0 Å². The minimum Gasteiger partial charge on any atom is -0.497 e. The van der Waals surface area contributed by atoms with E-state index in [2.05, 4.69) is 74.0 Å². The Kier molecular flexibility index (Phi) is 6.29. The molecule has 4 aromatic rings. The number of benzene rings is 3. The van der Waals surface area contributed by atoms with Gasteiger partial charge in [0.15, 0.2) is 11.6 Å². The lowest BCUT2D eigenvalue weighted by molar-refractivity contribution is 0.415. The summed E-state index contributed by atoms with van der Waals surface area (Å²) >= 11 is 3.51. The van der Waals surface area contributed by atoms with Crippen molar-refractivity contribution in [1.29, 1.82) is 0 Å². The monoisotopic (exact) mass is 461 g/mol. The van der Waals surface area contributed by atoms with Gasteiger partial charge in [-0.2, -0.15) is 0 Å². The van der Waals surface area contributed by atoms with Gasteiger partial charge in [0.1, 0.15) is 5.75 Å². The molecular formula is C25H24BrN3O. The first-order chi connectivity index (χ1) is 14.7. The predicted octanol–water partition coefficient (Wildman–Crippen LogP) is 6.72. The Morgan fingerprint density at radius 3 is 1.90 bits per heavy atom. The Morgan fingerprint density at radius 1 is 0.800 bits per heavy atom. The van der Waals surface area contributed by atoms with Crippen LogP contribution < -0.4 is 4.74 Å². The zero-order chi connectivity index (χ0) is 20.9. The summed E-state index contributed by atoms with van der Waals surface area (Å²) in [4.78, 5) is 0. The minimum atomic E-state index is 0.803. The lowest BCUT2D eigenvalue weighted by Crippen LogP contribution is -2.01. The van der Waals surface area contributed by atoms with Crippen LogP contribution in [0.1, 0.15) is 25.3 Å². The van der Waals surface area contributed by atoms with Crippen LogP contribution in [0, 0.1) is 0 Å². The van der Waals surface area contributed by atoms with E-state index in [4.69, 9.17) is 4.74 Å². The molecule has 1 heterocycles. The summed E-state index contributed by atoms with van der Waals surface area (Å²) < 4.78 is 8.46. The summed E-state index contributed by atoms with van der Waals surface area (Å²) in [7, 11) is 1.67. The van der Waals surface area contributed by atoms with E-state index < -0.39 is 0 Å². The van der Waals surface area contributed by atoms with Crippen molar-refractivity contribution >= 4 is 15.9 Å². The van der Waals surface area contributed by atoms with E-state index in [1.807, 2.05) is 36.4 Å². The van der Waals surface area contributed by atoms with Gasteiger partial charge in [-0.15, -0.1) is 10.2 Å². The summed E-state index contributed by atoms with van der Waals surface area (Å²) in [6, 6.07) is 24.8. The van der Waals surface area contributed by atoms with Crippen LogP contribution in [-0.2, 0) is 6.42 Å². The molecule has 5 heteroatoms. The summed E-state index contributed by atoms with van der Waals surface area (Å²) in [5, 5.41) is 9.10. The van der Waals surface area contributed by atoms with Gasteiger partial charge in [0.2, 0.25) is 0 Å². The molecule has 0 unspecified atom stereocenters. The average molecular weight is 462 g/mol. The van der Waals surface area contributed by atoms with Crippen molar-refractivity contribution in [3.05, 3.63) is 82.8 Å². The van der Waals surface area contributed by atoms with Crippen molar-refractivity contribution in [2.24, 2.45) is 0 Å². The Labute approximate surface area is 185 Å². The topological polar surface area (TPSA) is 39.9 Å². The first kappa shape index (κ1) is 20.4. The third kappa shape index (κ3) is 4.31. The van der Waals surface area contributed by atoms with Crippen LogP contribution in [0.2, 0.25) is 0 Å². The maximum Gasteiger partial charge on any atom is 0.168 e. The highest BCUT2D eigenvalue weighted by atomic mass is 79.9. The lowest BCUT2D eigenvalue weighted by Gasteiger charge is -2.12. The number of aryl methyl sites for hydroxylation is 1. The summed E-state index contributed by atoms with van der Waals surface area (Å²) in [6.07, 6.45) is 3.50. The highest BCUT2D eigenvalue weighted by Gasteiger charge is 2.17. The Hall–Kier alpha value is -2.92. The number of halogens is 1. The highest BCUT2D eigenvalue weighted by molar-refractivity contribution is 9.10. The SMILES string of the molecule is CCCCc1ccc(-n2c(-c3ccc(Br)cc3)nnc2-c2ccc(OC)cc2)cc1. The first-order valence-electron chi connectivity index (χ1n) is 10.1. The van der Waals surface area contributed by atoms with Crippen LogP contribution in [0.4, 0.5) is 0 Å². The van der Waals surface area contributed by atoms with E-state index in [1.165, 1.54) is 18.4 Å². The molecule has 30 heavy (non-hydrogen) atoms. The molecule has 0 amide bonds. The number of ether oxygens (including phenoxy) is 1. The van der Waals surface area contributed by atoms with E-state index in [0.29, 0.717) is 0 Å². The third-order valence-electron chi connectivity index (χ3n) is 5.13. The van der Waals surface area contributed by atoms with Gasteiger partial charge in [-0.1, -0.05) is 53.5 Å². The van der Waals surface area contributed by atoms with Gasteiger partial charge in [-0.3, -0.25) is 4.57 Å². The molecular weight excluding hydrogens is 438 g/mol. The van der Waals surface area contributed by atoms with Crippen molar-refractivity contribution in [2.45, 2.75) is 26.2 Å². The molecule has 0 aliphatic heterocycles. The second kappa shape index (κ2) is 9.26. The molecule has 3 aromatic carbocycles. The zero-order valence-electron chi connectivity index (χ0n) is 17.2. The van der Waals surface area contributed by atoms with Gasteiger partial charge < -0.3 is 4.74 Å². The molecule has 0 spiro atoms. The lowest BCUT2D eigenvalue weighted by atomic mass is 10.1. The minimum absolute atomic E-state index is 0.803. The number of hydrogen-bond donors (Lipinski definition) is 0. The van der Waals surface area contributed by atoms with Crippen molar-refractivity contribution < 1.29 is 4.74 Å². The van der Waals surface area contributed by atoms with Gasteiger partial charge in [0.25, 0.3) is 0 Å². The second-order valence-corrected chi connectivity index (χ2v) is 8.10. The van der Waals surface area contributed by atoms with Crippen molar-refractivity contribution in [3.63, 3.8) is 0 Å². The predicted molar refractivity (Wildman–Crippen MR) is 125 cm³/mol. The van der Waals surface area contributed by atoms with Crippen LogP contribution >= 0.6 is 15.9 Å². The molecule has 0 saturated heterocycles. The Balaban J connectivity index is 1.82. The molecule has 0 radical (unpaired) electrons. The fourth-order valence-corrected chi connectivity index (χ4v) is 3.70. The first-order valence-corrected chi connectivity index (χ1v) is 10.9. The standard InChI is InChI=1S/C25H24BrN3O/c1-3-4-5-18-6-14-22(15-7-18)29-24(19-8-12-21(26)13-9-19)27-28-25(29)20-10-16-23(30-2)17-11-20/h6-17H,3-5H2,1-2H3. The number of rotatable bonds is 7. The molecule has 4 rings (SSSR count). The van der Waals surface area contributed by atoms with Crippen LogP contribution in [0.5, 0.6) is 5.75 Å². The molecule has 1 aromatic heterocycles. The van der Waals surface area contributed by atoms with Crippen molar-refractivity contribution in [2.75, 3.05) is 7.11 Å². The van der Waals surface area contributed by atoms with E-state index in [0.717, 1.165) is 45.1 Å². The van der Waals surface area contributed by atoms with E-state index in [-0.39, 0.29) is 0 Å². The number of methoxy groups -OCH3 is 1. The molecule has 0 aliphatic rings. The number of hydrogen-bond acceptors (Lipinski definition) is 3.